The summed E-state index contributed by atoms with van der Waals surface area (Å²) in [4.78, 5) is 3.94. The van der Waals surface area contributed by atoms with Crippen molar-refractivity contribution in [3.05, 3.63) is 22.5 Å². The number of fused-ring (bicyclic) bond motifs is 1. The summed E-state index contributed by atoms with van der Waals surface area (Å²) in [5, 5.41) is 14.0. The molecule has 0 saturated heterocycles. The van der Waals surface area contributed by atoms with Crippen LogP contribution in [0.1, 0.15) is 37.4 Å². The molecule has 0 aliphatic heterocycles. The molecule has 2 aromatic rings. The highest BCUT2D eigenvalue weighted by Gasteiger charge is 2.47. The van der Waals surface area contributed by atoms with Crippen LogP contribution in [0.25, 0.3) is 5.52 Å². The predicted octanol–water partition coefficient (Wildman–Crippen LogP) is 2.28. The largest absolute Gasteiger partial charge is 0.367 e. The van der Waals surface area contributed by atoms with E-state index in [-0.39, 0.29) is 11.4 Å². The lowest BCUT2D eigenvalue weighted by Gasteiger charge is -2.12. The third kappa shape index (κ3) is 1.33. The number of nitrogens with zero attached hydrogens (tertiary/aromatic N) is 4. The number of nitriles is 1. The van der Waals surface area contributed by atoms with Crippen LogP contribution in [0.3, 0.4) is 0 Å². The molecule has 0 radical (unpaired) electrons. The van der Waals surface area contributed by atoms with E-state index in [0.29, 0.717) is 16.1 Å². The average molecular weight is 262 g/mol. The monoisotopic (exact) mass is 261 g/mol. The molecule has 6 heteroatoms. The fourth-order valence-corrected chi connectivity index (χ4v) is 2.78. The molecule has 92 valence electrons. The predicted molar refractivity (Wildman–Crippen MR) is 68.3 cm³/mol. The second kappa shape index (κ2) is 3.59. The van der Waals surface area contributed by atoms with Crippen molar-refractivity contribution < 1.29 is 0 Å². The zero-order valence-electron chi connectivity index (χ0n) is 9.94. The Morgan fingerprint density at radius 2 is 2.33 bits per heavy atom. The van der Waals surface area contributed by atoms with Gasteiger partial charge in [0.05, 0.1) is 22.5 Å². The van der Waals surface area contributed by atoms with E-state index < -0.39 is 0 Å². The summed E-state index contributed by atoms with van der Waals surface area (Å²) in [6, 6.07) is 2.19. The van der Waals surface area contributed by atoms with Crippen LogP contribution < -0.4 is 5.73 Å². The lowest BCUT2D eigenvalue weighted by atomic mass is 9.96. The third-order valence-corrected chi connectivity index (χ3v) is 4.17. The highest BCUT2D eigenvalue weighted by Crippen LogP contribution is 2.53. The van der Waals surface area contributed by atoms with Crippen LogP contribution >= 0.6 is 11.6 Å². The lowest BCUT2D eigenvalue weighted by molar-refractivity contribution is 0.615. The topological polar surface area (TPSA) is 80.0 Å². The van der Waals surface area contributed by atoms with Crippen molar-refractivity contribution >= 4 is 23.1 Å². The summed E-state index contributed by atoms with van der Waals surface area (Å²) < 4.78 is 1.69. The van der Waals surface area contributed by atoms with E-state index in [1.54, 1.807) is 10.7 Å². The summed E-state index contributed by atoms with van der Waals surface area (Å²) in [7, 11) is 0. The Labute approximate surface area is 109 Å². The smallest absolute Gasteiger partial charge is 0.238 e. The number of hydrogen-bond acceptors (Lipinski definition) is 4. The number of hydrogen-bond donors (Lipinski definition) is 1. The van der Waals surface area contributed by atoms with Crippen LogP contribution in [0.2, 0.25) is 5.02 Å². The van der Waals surface area contributed by atoms with Gasteiger partial charge in [-0.1, -0.05) is 18.5 Å². The SMILES string of the molecule is CCC1(c2c(C#N)c(Cl)c3cnc(N)nn23)CC1. The first-order chi connectivity index (χ1) is 8.63. The molecule has 18 heavy (non-hydrogen) atoms. The maximum Gasteiger partial charge on any atom is 0.238 e. The summed E-state index contributed by atoms with van der Waals surface area (Å²) >= 11 is 6.24. The van der Waals surface area contributed by atoms with Gasteiger partial charge in [-0.3, -0.25) is 0 Å². The molecule has 0 atom stereocenters. The van der Waals surface area contributed by atoms with E-state index in [0.717, 1.165) is 25.0 Å². The molecule has 0 unspecified atom stereocenters. The molecule has 2 heterocycles. The van der Waals surface area contributed by atoms with E-state index in [1.807, 2.05) is 0 Å². The minimum atomic E-state index is 0.0297. The van der Waals surface area contributed by atoms with Crippen LogP contribution in [-0.4, -0.2) is 14.6 Å². The second-order valence-electron chi connectivity index (χ2n) is 4.70. The fourth-order valence-electron chi connectivity index (χ4n) is 2.52. The third-order valence-electron chi connectivity index (χ3n) is 3.79. The van der Waals surface area contributed by atoms with Gasteiger partial charge in [-0.15, -0.1) is 5.10 Å². The van der Waals surface area contributed by atoms with Gasteiger partial charge in [-0.2, -0.15) is 5.26 Å². The number of aromatic nitrogens is 3. The molecular weight excluding hydrogens is 250 g/mol. The van der Waals surface area contributed by atoms with Crippen molar-refractivity contribution in [2.75, 3.05) is 5.73 Å². The molecule has 1 aliphatic rings. The van der Waals surface area contributed by atoms with Gasteiger partial charge in [-0.25, -0.2) is 9.50 Å². The number of halogens is 1. The molecule has 0 amide bonds. The first-order valence-corrected chi connectivity index (χ1v) is 6.24. The summed E-state index contributed by atoms with van der Waals surface area (Å²) in [6.07, 6.45) is 4.66. The minimum Gasteiger partial charge on any atom is -0.367 e. The Bertz CT molecular complexity index is 678. The molecule has 2 aromatic heterocycles. The number of rotatable bonds is 2. The lowest BCUT2D eigenvalue weighted by Crippen LogP contribution is -2.13. The summed E-state index contributed by atoms with van der Waals surface area (Å²) in [5.41, 5.74) is 7.71. The van der Waals surface area contributed by atoms with Gasteiger partial charge >= 0.3 is 0 Å². The molecule has 0 spiro atoms. The van der Waals surface area contributed by atoms with Gasteiger partial charge in [-0.05, 0) is 19.3 Å². The minimum absolute atomic E-state index is 0.0297. The molecule has 1 saturated carbocycles. The Balaban J connectivity index is 2.41. The van der Waals surface area contributed by atoms with Crippen LogP contribution in [0.15, 0.2) is 6.20 Å². The maximum atomic E-state index is 9.33. The normalized spacial score (nSPS) is 16.7. The standard InChI is InChI=1S/C12H12ClN5/c1-2-12(3-4-12)10-7(5-14)9(13)8-6-16-11(15)17-18(8)10/h6H,2-4H2,1H3,(H2,15,17). The quantitative estimate of drug-likeness (QED) is 0.899. The Kier molecular flexibility index (Phi) is 2.26. The van der Waals surface area contributed by atoms with Crippen molar-refractivity contribution in [1.29, 1.82) is 5.26 Å². The zero-order valence-corrected chi connectivity index (χ0v) is 10.7. The first kappa shape index (κ1) is 11.3. The molecule has 3 rings (SSSR count). The number of nitrogen functional groups attached to an aromatic ring is 1. The van der Waals surface area contributed by atoms with Gasteiger partial charge in [0, 0.05) is 5.41 Å². The van der Waals surface area contributed by atoms with Crippen LogP contribution in [0, 0.1) is 11.3 Å². The van der Waals surface area contributed by atoms with Gasteiger partial charge in [0.2, 0.25) is 5.95 Å². The Morgan fingerprint density at radius 1 is 1.61 bits per heavy atom. The van der Waals surface area contributed by atoms with Crippen LogP contribution in [-0.2, 0) is 5.41 Å². The van der Waals surface area contributed by atoms with Gasteiger partial charge < -0.3 is 5.73 Å². The molecule has 1 fully saturated rings. The van der Waals surface area contributed by atoms with Crippen molar-refractivity contribution in [3.63, 3.8) is 0 Å². The van der Waals surface area contributed by atoms with Crippen LogP contribution in [0.4, 0.5) is 5.95 Å². The maximum absolute atomic E-state index is 9.33. The molecule has 0 aromatic carbocycles. The number of anilines is 1. The van der Waals surface area contributed by atoms with E-state index in [2.05, 4.69) is 23.1 Å². The van der Waals surface area contributed by atoms with Crippen molar-refractivity contribution in [2.45, 2.75) is 31.6 Å². The first-order valence-electron chi connectivity index (χ1n) is 5.86. The molecule has 5 nitrogen and oxygen atoms in total. The van der Waals surface area contributed by atoms with E-state index in [4.69, 9.17) is 17.3 Å². The van der Waals surface area contributed by atoms with Gasteiger partial charge in [0.1, 0.15) is 11.6 Å². The average Bonchev–Trinajstić information content (AvgIpc) is 3.10. The molecule has 2 N–H and O–H groups in total. The van der Waals surface area contributed by atoms with Gasteiger partial charge in [0.25, 0.3) is 0 Å². The number of nitrogens with two attached hydrogens (primary N) is 1. The highest BCUT2D eigenvalue weighted by molar-refractivity contribution is 6.35. The summed E-state index contributed by atoms with van der Waals surface area (Å²) in [5.74, 6) is 0.187. The van der Waals surface area contributed by atoms with Crippen molar-refractivity contribution in [3.8, 4) is 6.07 Å². The highest BCUT2D eigenvalue weighted by atomic mass is 35.5. The Morgan fingerprint density at radius 3 is 2.89 bits per heavy atom. The Hall–Kier alpha value is -1.80. The van der Waals surface area contributed by atoms with E-state index in [1.165, 1.54) is 0 Å². The molecule has 0 bridgehead atoms. The van der Waals surface area contributed by atoms with Crippen LogP contribution in [0.5, 0.6) is 0 Å². The molecule has 1 aliphatic carbocycles. The zero-order chi connectivity index (χ0) is 12.9. The van der Waals surface area contributed by atoms with E-state index >= 15 is 0 Å². The summed E-state index contributed by atoms with van der Waals surface area (Å²) in [6.45, 7) is 2.12. The molecular formula is C12H12ClN5. The van der Waals surface area contributed by atoms with E-state index in [9.17, 15) is 5.26 Å². The van der Waals surface area contributed by atoms with Crippen molar-refractivity contribution in [1.82, 2.24) is 14.6 Å². The van der Waals surface area contributed by atoms with Crippen molar-refractivity contribution in [2.24, 2.45) is 0 Å². The second-order valence-corrected chi connectivity index (χ2v) is 5.07. The van der Waals surface area contributed by atoms with Gasteiger partial charge in [0.15, 0.2) is 0 Å². The fraction of sp³-hybridized carbons (Fsp3) is 0.417.